The van der Waals surface area contributed by atoms with Crippen LogP contribution in [0, 0.1) is 16.2 Å². The molecule has 3 saturated heterocycles. The van der Waals surface area contributed by atoms with Gasteiger partial charge < -0.3 is 9.59 Å². The molecule has 0 amide bonds. The van der Waals surface area contributed by atoms with Crippen LogP contribution < -0.4 is 18.6 Å². The maximum Gasteiger partial charge on any atom is 0.362 e. The van der Waals surface area contributed by atoms with Gasteiger partial charge in [0, 0.05) is 6.42 Å². The summed E-state index contributed by atoms with van der Waals surface area (Å²) in [6, 6.07) is -0.113. The fraction of sp³-hybridized carbons (Fsp3) is 0.889. The first-order valence-electron chi connectivity index (χ1n) is 5.30. The number of aliphatic carboxylic acids is 1. The van der Waals surface area contributed by atoms with Crippen molar-refractivity contribution in [2.45, 2.75) is 25.3 Å². The zero-order chi connectivity index (χ0) is 13.3. The molecule has 7 nitrogen and oxygen atoms in total. The standard InChI is InChI=1S/C9H15NO2.ClHO4/c1-10-4-2-7(3-5-10)6-8(10)9(11)12;2-1(3,4)5/h7-8H,2-6H2,1H3;(H,2,3,4,5). The summed E-state index contributed by atoms with van der Waals surface area (Å²) in [5, 5.41) is 9.01. The van der Waals surface area contributed by atoms with E-state index in [1.165, 1.54) is 12.8 Å². The molecule has 3 rings (SSSR count). The minimum atomic E-state index is -4.94. The Morgan fingerprint density at radius 1 is 1.24 bits per heavy atom. The second kappa shape index (κ2) is 5.05. The predicted molar refractivity (Wildman–Crippen MR) is 44.7 cm³/mol. The Labute approximate surface area is 101 Å². The highest BCUT2D eigenvalue weighted by molar-refractivity contribution is 5.72. The van der Waals surface area contributed by atoms with Gasteiger partial charge in [0.1, 0.15) is 0 Å². The number of carboxylic acid groups (broad SMARTS) is 1. The number of rotatable bonds is 1. The average Bonchev–Trinajstić information content (AvgIpc) is 2.15. The Hall–Kier alpha value is -0.440. The molecule has 8 heteroatoms. The lowest BCUT2D eigenvalue weighted by Crippen LogP contribution is -2.68. The molecule has 3 aliphatic rings. The molecule has 0 aromatic carbocycles. The Kier molecular flexibility index (Phi) is 4.34. The molecule has 0 saturated carbocycles. The lowest BCUT2D eigenvalue weighted by Gasteiger charge is -2.50. The number of piperidine rings is 3. The zero-order valence-electron chi connectivity index (χ0n) is 9.50. The van der Waals surface area contributed by atoms with Crippen LogP contribution in [0.15, 0.2) is 0 Å². The van der Waals surface area contributed by atoms with Crippen molar-refractivity contribution in [3.8, 4) is 0 Å². The molecule has 0 spiro atoms. The van der Waals surface area contributed by atoms with Crippen LogP contribution in [0.4, 0.5) is 0 Å². The third kappa shape index (κ3) is 4.38. The van der Waals surface area contributed by atoms with E-state index >= 15 is 0 Å². The van der Waals surface area contributed by atoms with Gasteiger partial charge in [0.05, 0.1) is 20.1 Å². The summed E-state index contributed by atoms with van der Waals surface area (Å²) in [4.78, 5) is 10.9. The van der Waals surface area contributed by atoms with Crippen molar-refractivity contribution in [2.75, 3.05) is 20.1 Å². The third-order valence-corrected chi connectivity index (χ3v) is 3.69. The van der Waals surface area contributed by atoms with Crippen LogP contribution in [0.25, 0.3) is 0 Å². The Bertz CT molecular complexity index is 278. The fourth-order valence-electron chi connectivity index (χ4n) is 2.70. The molecule has 100 valence electrons. The van der Waals surface area contributed by atoms with E-state index < -0.39 is 16.2 Å². The van der Waals surface area contributed by atoms with Gasteiger partial charge >= 0.3 is 5.97 Å². The molecule has 0 aliphatic carbocycles. The first-order valence-corrected chi connectivity index (χ1v) is 6.54. The molecule has 0 aromatic rings. The number of carboxylic acids is 1. The van der Waals surface area contributed by atoms with Gasteiger partial charge in [-0.15, -0.1) is 10.2 Å². The van der Waals surface area contributed by atoms with Gasteiger partial charge in [-0.25, -0.2) is 23.4 Å². The summed E-state index contributed by atoms with van der Waals surface area (Å²) in [6.07, 6.45) is 3.38. The average molecular weight is 270 g/mol. The van der Waals surface area contributed by atoms with Crippen molar-refractivity contribution in [3.63, 3.8) is 0 Å². The summed E-state index contributed by atoms with van der Waals surface area (Å²) >= 11 is 0. The number of hydrogen-bond acceptors (Lipinski definition) is 5. The lowest BCUT2D eigenvalue weighted by atomic mass is 9.81. The Balaban J connectivity index is 0.000000249. The van der Waals surface area contributed by atoms with Gasteiger partial charge in [0.15, 0.2) is 6.04 Å². The summed E-state index contributed by atoms with van der Waals surface area (Å²) in [7, 11) is -2.85. The van der Waals surface area contributed by atoms with Crippen molar-refractivity contribution < 1.29 is 43.3 Å². The second-order valence-electron chi connectivity index (χ2n) is 4.84. The zero-order valence-corrected chi connectivity index (χ0v) is 10.3. The second-order valence-corrected chi connectivity index (χ2v) is 5.59. The van der Waals surface area contributed by atoms with Crippen molar-refractivity contribution in [3.05, 3.63) is 0 Å². The van der Waals surface area contributed by atoms with Crippen molar-refractivity contribution in [2.24, 2.45) is 5.92 Å². The molecule has 3 fully saturated rings. The number of nitrogens with zero attached hydrogens (tertiary/aromatic N) is 1. The summed E-state index contributed by atoms with van der Waals surface area (Å²) < 4.78 is 34.8. The quantitative estimate of drug-likeness (QED) is 0.482. The number of quaternary nitrogens is 1. The van der Waals surface area contributed by atoms with Gasteiger partial charge in [-0.3, -0.25) is 0 Å². The fourth-order valence-corrected chi connectivity index (χ4v) is 2.70. The Morgan fingerprint density at radius 3 is 1.88 bits per heavy atom. The van der Waals surface area contributed by atoms with Gasteiger partial charge in [0.25, 0.3) is 0 Å². The van der Waals surface area contributed by atoms with Crippen LogP contribution in [0.1, 0.15) is 19.3 Å². The smallest absolute Gasteiger partial charge is 0.362 e. The largest absolute Gasteiger partial charge is 0.477 e. The van der Waals surface area contributed by atoms with Crippen LogP contribution in [0.5, 0.6) is 0 Å². The minimum Gasteiger partial charge on any atom is -0.477 e. The molecular weight excluding hydrogens is 254 g/mol. The van der Waals surface area contributed by atoms with Crippen molar-refractivity contribution in [1.82, 2.24) is 0 Å². The van der Waals surface area contributed by atoms with Gasteiger partial charge in [-0.1, -0.05) is 0 Å². The molecule has 3 heterocycles. The molecule has 3 aliphatic heterocycles. The number of likely N-dealkylation sites (N-methyl/N-ethyl adjacent to an activating group) is 1. The first-order chi connectivity index (χ1) is 7.62. The van der Waals surface area contributed by atoms with Gasteiger partial charge in [0.2, 0.25) is 0 Å². The van der Waals surface area contributed by atoms with E-state index in [-0.39, 0.29) is 6.04 Å². The SMILES string of the molecule is C[N+]12CCC(CC1)CC2C(=O)O.[O-][Cl+3]([O-])([O-])[O-]. The van der Waals surface area contributed by atoms with Gasteiger partial charge in [-0.2, -0.15) is 0 Å². The van der Waals surface area contributed by atoms with E-state index in [1.807, 2.05) is 0 Å². The number of fused-ring (bicyclic) bond motifs is 3. The highest BCUT2D eigenvalue weighted by Crippen LogP contribution is 2.36. The molecule has 1 N–H and O–H groups in total. The molecule has 17 heavy (non-hydrogen) atoms. The van der Waals surface area contributed by atoms with E-state index in [1.54, 1.807) is 0 Å². The van der Waals surface area contributed by atoms with Crippen molar-refractivity contribution >= 4 is 5.97 Å². The van der Waals surface area contributed by atoms with Crippen LogP contribution in [0.3, 0.4) is 0 Å². The van der Waals surface area contributed by atoms with Crippen LogP contribution in [-0.2, 0) is 4.79 Å². The first kappa shape index (κ1) is 14.6. The third-order valence-electron chi connectivity index (χ3n) is 3.69. The van der Waals surface area contributed by atoms with Crippen LogP contribution >= 0.6 is 0 Å². The Morgan fingerprint density at radius 2 is 1.65 bits per heavy atom. The normalized spacial score (nSPS) is 36.1. The van der Waals surface area contributed by atoms with E-state index in [0.29, 0.717) is 5.92 Å². The maximum atomic E-state index is 10.9. The number of halogens is 1. The van der Waals surface area contributed by atoms with Crippen molar-refractivity contribution in [1.29, 1.82) is 0 Å². The van der Waals surface area contributed by atoms with E-state index in [9.17, 15) is 4.79 Å². The van der Waals surface area contributed by atoms with Crippen LogP contribution in [0.2, 0.25) is 0 Å². The number of hydrogen-bond donors (Lipinski definition) is 1. The molecular formula is C9H16ClNO6. The summed E-state index contributed by atoms with van der Waals surface area (Å²) in [5.74, 6) is 0.105. The highest BCUT2D eigenvalue weighted by Gasteiger charge is 2.48. The molecule has 1 unspecified atom stereocenters. The topological polar surface area (TPSA) is 130 Å². The maximum absolute atomic E-state index is 10.9. The van der Waals surface area contributed by atoms with Crippen LogP contribution in [-0.4, -0.2) is 41.7 Å². The molecule has 2 bridgehead atoms. The summed E-state index contributed by atoms with van der Waals surface area (Å²) in [5.41, 5.74) is 0. The lowest BCUT2D eigenvalue weighted by molar-refractivity contribution is -2.00. The van der Waals surface area contributed by atoms with E-state index in [0.717, 1.165) is 24.0 Å². The monoisotopic (exact) mass is 269 g/mol. The predicted octanol–water partition coefficient (Wildman–Crippen LogP) is -4.06. The minimum absolute atomic E-state index is 0.113. The molecule has 0 radical (unpaired) electrons. The molecule has 0 aromatic heterocycles. The highest BCUT2D eigenvalue weighted by atomic mass is 35.7. The van der Waals surface area contributed by atoms with Gasteiger partial charge in [-0.05, 0) is 18.8 Å². The van der Waals surface area contributed by atoms with E-state index in [4.69, 9.17) is 23.7 Å². The molecule has 1 atom stereocenters. The van der Waals surface area contributed by atoms with E-state index in [2.05, 4.69) is 7.05 Å². The summed E-state index contributed by atoms with van der Waals surface area (Å²) in [6.45, 7) is 2.14. The number of carbonyl (C=O) groups is 1.